The Morgan fingerprint density at radius 3 is 2.76 bits per heavy atom. The molecule has 0 aliphatic rings. The van der Waals surface area contributed by atoms with Crippen LogP contribution in [0, 0.1) is 25.2 Å². The third-order valence-electron chi connectivity index (χ3n) is 2.59. The van der Waals surface area contributed by atoms with Crippen LogP contribution in [0.3, 0.4) is 0 Å². The van der Waals surface area contributed by atoms with Crippen molar-refractivity contribution in [3.63, 3.8) is 0 Å². The van der Waals surface area contributed by atoms with Crippen molar-refractivity contribution in [1.29, 1.82) is 5.26 Å². The highest BCUT2D eigenvalue weighted by Gasteiger charge is 2.12. The van der Waals surface area contributed by atoms with Crippen molar-refractivity contribution >= 4 is 11.6 Å². The zero-order valence-corrected chi connectivity index (χ0v) is 10.5. The molecule has 0 bridgehead atoms. The van der Waals surface area contributed by atoms with Crippen LogP contribution in [0.4, 0.5) is 0 Å². The molecule has 0 atom stereocenters. The fourth-order valence-corrected chi connectivity index (χ4v) is 2.05. The molecule has 1 heterocycles. The van der Waals surface area contributed by atoms with E-state index in [1.807, 2.05) is 25.1 Å². The zero-order chi connectivity index (χ0) is 12.4. The van der Waals surface area contributed by atoms with Gasteiger partial charge in [0.2, 0.25) is 0 Å². The Balaban J connectivity index is 2.34. The molecule has 0 unspecified atom stereocenters. The standard InChI is InChI=1S/C13H12ClN3/c1-9-4-3-5-11(6-9)8-17-13(14)12(7-15)10(2)16-17/h3-6H,8H2,1-2H3. The Bertz CT molecular complexity index is 593. The molecule has 3 nitrogen and oxygen atoms in total. The lowest BCUT2D eigenvalue weighted by atomic mass is 10.1. The van der Waals surface area contributed by atoms with Crippen molar-refractivity contribution in [2.24, 2.45) is 0 Å². The topological polar surface area (TPSA) is 41.6 Å². The van der Waals surface area contributed by atoms with Crippen LogP contribution in [0.15, 0.2) is 24.3 Å². The quantitative estimate of drug-likeness (QED) is 0.816. The Morgan fingerprint density at radius 1 is 1.41 bits per heavy atom. The molecule has 1 aromatic heterocycles. The maximum Gasteiger partial charge on any atom is 0.145 e. The van der Waals surface area contributed by atoms with Crippen LogP contribution in [0.5, 0.6) is 0 Å². The van der Waals surface area contributed by atoms with E-state index in [0.717, 1.165) is 5.56 Å². The molecule has 2 aromatic rings. The number of rotatable bonds is 2. The molecule has 0 spiro atoms. The van der Waals surface area contributed by atoms with Gasteiger partial charge >= 0.3 is 0 Å². The maximum absolute atomic E-state index is 8.94. The molecule has 0 fully saturated rings. The predicted molar refractivity (Wildman–Crippen MR) is 67.0 cm³/mol. The molecule has 2 rings (SSSR count). The second-order valence-electron chi connectivity index (χ2n) is 4.01. The highest BCUT2D eigenvalue weighted by molar-refractivity contribution is 6.30. The summed E-state index contributed by atoms with van der Waals surface area (Å²) in [5.74, 6) is 0. The molecule has 4 heteroatoms. The Morgan fingerprint density at radius 2 is 2.18 bits per heavy atom. The molecule has 86 valence electrons. The van der Waals surface area contributed by atoms with Crippen molar-refractivity contribution < 1.29 is 0 Å². The summed E-state index contributed by atoms with van der Waals surface area (Å²) in [4.78, 5) is 0. The summed E-state index contributed by atoms with van der Waals surface area (Å²) in [5, 5.41) is 13.6. The minimum absolute atomic E-state index is 0.409. The van der Waals surface area contributed by atoms with E-state index < -0.39 is 0 Å². The van der Waals surface area contributed by atoms with Crippen molar-refractivity contribution in [3.8, 4) is 6.07 Å². The smallest absolute Gasteiger partial charge is 0.145 e. The summed E-state index contributed by atoms with van der Waals surface area (Å²) in [6, 6.07) is 10.2. The minimum Gasteiger partial charge on any atom is -0.248 e. The number of halogens is 1. The summed E-state index contributed by atoms with van der Waals surface area (Å²) in [5.41, 5.74) is 3.45. The molecule has 0 aliphatic carbocycles. The summed E-state index contributed by atoms with van der Waals surface area (Å²) in [6.45, 7) is 4.42. The maximum atomic E-state index is 8.94. The summed E-state index contributed by atoms with van der Waals surface area (Å²) >= 11 is 6.10. The normalized spacial score (nSPS) is 10.2. The first-order valence-corrected chi connectivity index (χ1v) is 5.68. The van der Waals surface area contributed by atoms with Gasteiger partial charge in [-0.25, -0.2) is 4.68 Å². The van der Waals surface area contributed by atoms with Crippen LogP contribution in [-0.4, -0.2) is 9.78 Å². The Labute approximate surface area is 105 Å². The van der Waals surface area contributed by atoms with Crippen LogP contribution in [0.1, 0.15) is 22.4 Å². The van der Waals surface area contributed by atoms with E-state index in [9.17, 15) is 0 Å². The summed E-state index contributed by atoms with van der Waals surface area (Å²) in [6.07, 6.45) is 0. The van der Waals surface area contributed by atoms with Gasteiger partial charge < -0.3 is 0 Å². The van der Waals surface area contributed by atoms with Gasteiger partial charge in [0.1, 0.15) is 16.8 Å². The highest BCUT2D eigenvalue weighted by Crippen LogP contribution is 2.19. The molecule has 0 amide bonds. The molecule has 0 aliphatic heterocycles. The molecule has 0 radical (unpaired) electrons. The van der Waals surface area contributed by atoms with Gasteiger partial charge in [0, 0.05) is 0 Å². The highest BCUT2D eigenvalue weighted by atomic mass is 35.5. The number of aromatic nitrogens is 2. The number of hydrogen-bond acceptors (Lipinski definition) is 2. The van der Waals surface area contributed by atoms with Gasteiger partial charge in [-0.3, -0.25) is 0 Å². The summed E-state index contributed by atoms with van der Waals surface area (Å²) in [7, 11) is 0. The fraction of sp³-hybridized carbons (Fsp3) is 0.231. The lowest BCUT2D eigenvalue weighted by molar-refractivity contribution is 0.680. The molecule has 0 N–H and O–H groups in total. The molecular weight excluding hydrogens is 234 g/mol. The van der Waals surface area contributed by atoms with E-state index in [1.165, 1.54) is 5.56 Å². The van der Waals surface area contributed by atoms with Gasteiger partial charge in [0.25, 0.3) is 0 Å². The van der Waals surface area contributed by atoms with E-state index in [4.69, 9.17) is 16.9 Å². The van der Waals surface area contributed by atoms with Gasteiger partial charge in [-0.15, -0.1) is 0 Å². The zero-order valence-electron chi connectivity index (χ0n) is 9.74. The second-order valence-corrected chi connectivity index (χ2v) is 4.37. The number of nitrogens with zero attached hydrogens (tertiary/aromatic N) is 3. The SMILES string of the molecule is Cc1cccc(Cn2nc(C)c(C#N)c2Cl)c1. The van der Waals surface area contributed by atoms with Gasteiger partial charge in [-0.1, -0.05) is 41.4 Å². The number of aryl methyl sites for hydroxylation is 2. The van der Waals surface area contributed by atoms with Crippen LogP contribution >= 0.6 is 11.6 Å². The van der Waals surface area contributed by atoms with Crippen molar-refractivity contribution in [3.05, 3.63) is 51.8 Å². The van der Waals surface area contributed by atoms with E-state index >= 15 is 0 Å². The van der Waals surface area contributed by atoms with Crippen LogP contribution in [0.2, 0.25) is 5.15 Å². The lowest BCUT2D eigenvalue weighted by Gasteiger charge is -2.04. The van der Waals surface area contributed by atoms with Gasteiger partial charge in [0.05, 0.1) is 12.2 Å². The number of hydrogen-bond donors (Lipinski definition) is 0. The van der Waals surface area contributed by atoms with Crippen LogP contribution < -0.4 is 0 Å². The Kier molecular flexibility index (Phi) is 3.16. The van der Waals surface area contributed by atoms with E-state index in [-0.39, 0.29) is 0 Å². The van der Waals surface area contributed by atoms with E-state index in [0.29, 0.717) is 23.0 Å². The largest absolute Gasteiger partial charge is 0.248 e. The first kappa shape index (κ1) is 11.7. The third-order valence-corrected chi connectivity index (χ3v) is 2.98. The van der Waals surface area contributed by atoms with Crippen molar-refractivity contribution in [1.82, 2.24) is 9.78 Å². The van der Waals surface area contributed by atoms with E-state index in [2.05, 4.69) is 17.2 Å². The Hall–Kier alpha value is -1.79. The lowest BCUT2D eigenvalue weighted by Crippen LogP contribution is -2.02. The summed E-state index contributed by atoms with van der Waals surface area (Å²) < 4.78 is 1.66. The van der Waals surface area contributed by atoms with Gasteiger partial charge in [-0.2, -0.15) is 10.4 Å². The van der Waals surface area contributed by atoms with Crippen molar-refractivity contribution in [2.45, 2.75) is 20.4 Å². The molecule has 0 saturated carbocycles. The first-order chi connectivity index (χ1) is 8.11. The average molecular weight is 246 g/mol. The molecule has 1 aromatic carbocycles. The number of benzene rings is 1. The minimum atomic E-state index is 0.409. The first-order valence-electron chi connectivity index (χ1n) is 5.30. The van der Waals surface area contributed by atoms with Crippen molar-refractivity contribution in [2.75, 3.05) is 0 Å². The van der Waals surface area contributed by atoms with E-state index in [1.54, 1.807) is 11.6 Å². The predicted octanol–water partition coefficient (Wildman–Crippen LogP) is 3.07. The number of nitriles is 1. The van der Waals surface area contributed by atoms with Gasteiger partial charge in [0.15, 0.2) is 0 Å². The average Bonchev–Trinajstić information content (AvgIpc) is 2.54. The van der Waals surface area contributed by atoms with Gasteiger partial charge in [-0.05, 0) is 19.4 Å². The third kappa shape index (κ3) is 2.32. The molecule has 17 heavy (non-hydrogen) atoms. The van der Waals surface area contributed by atoms with Crippen LogP contribution in [-0.2, 0) is 6.54 Å². The molecule has 0 saturated heterocycles. The monoisotopic (exact) mass is 245 g/mol. The molecular formula is C13H12ClN3. The fourth-order valence-electron chi connectivity index (χ4n) is 1.77. The van der Waals surface area contributed by atoms with Crippen LogP contribution in [0.25, 0.3) is 0 Å². The second kappa shape index (κ2) is 4.60.